The third kappa shape index (κ3) is 5.17. The van der Waals surface area contributed by atoms with E-state index in [9.17, 15) is 9.59 Å². The molecule has 0 aliphatic carbocycles. The van der Waals surface area contributed by atoms with Crippen LogP contribution in [0.4, 0.5) is 11.5 Å². The van der Waals surface area contributed by atoms with E-state index in [4.69, 9.17) is 0 Å². The summed E-state index contributed by atoms with van der Waals surface area (Å²) in [6, 6.07) is 1.77. The predicted octanol–water partition coefficient (Wildman–Crippen LogP) is 1.96. The largest absolute Gasteiger partial charge is 0.352 e. The van der Waals surface area contributed by atoms with Crippen molar-refractivity contribution in [1.29, 1.82) is 0 Å². The SMILES string of the molecule is CCN(CC)C(=O)c1cnc(N2CCNCC2)c(NC(=O)CC(C)C)c1. The minimum Gasteiger partial charge on any atom is -0.352 e. The fourth-order valence-electron chi connectivity index (χ4n) is 3.06. The van der Waals surface area contributed by atoms with Crippen molar-refractivity contribution < 1.29 is 9.59 Å². The topological polar surface area (TPSA) is 77.6 Å². The third-order valence-corrected chi connectivity index (χ3v) is 4.45. The summed E-state index contributed by atoms with van der Waals surface area (Å²) in [6.07, 6.45) is 2.06. The molecule has 0 unspecified atom stereocenters. The van der Waals surface area contributed by atoms with Gasteiger partial charge in [-0.15, -0.1) is 0 Å². The van der Waals surface area contributed by atoms with Crippen LogP contribution in [0.2, 0.25) is 0 Å². The van der Waals surface area contributed by atoms with Crippen molar-refractivity contribution >= 4 is 23.3 Å². The van der Waals surface area contributed by atoms with E-state index in [1.165, 1.54) is 0 Å². The van der Waals surface area contributed by atoms with Crippen molar-refractivity contribution in [2.75, 3.05) is 49.5 Å². The molecule has 144 valence electrons. The van der Waals surface area contributed by atoms with E-state index < -0.39 is 0 Å². The number of hydrogen-bond acceptors (Lipinski definition) is 5. The Morgan fingerprint density at radius 1 is 1.27 bits per heavy atom. The van der Waals surface area contributed by atoms with Crippen LogP contribution in [-0.2, 0) is 4.79 Å². The average Bonchev–Trinajstić information content (AvgIpc) is 2.62. The van der Waals surface area contributed by atoms with Gasteiger partial charge >= 0.3 is 0 Å². The summed E-state index contributed by atoms with van der Waals surface area (Å²) in [4.78, 5) is 33.4. The first kappa shape index (κ1) is 20.2. The van der Waals surface area contributed by atoms with E-state index in [0.29, 0.717) is 30.8 Å². The van der Waals surface area contributed by atoms with Crippen LogP contribution in [0.15, 0.2) is 12.3 Å². The lowest BCUT2D eigenvalue weighted by molar-refractivity contribution is -0.116. The summed E-state index contributed by atoms with van der Waals surface area (Å²) in [5.74, 6) is 0.894. The van der Waals surface area contributed by atoms with Gasteiger partial charge < -0.3 is 20.4 Å². The Hall–Kier alpha value is -2.15. The monoisotopic (exact) mass is 361 g/mol. The Balaban J connectivity index is 2.32. The van der Waals surface area contributed by atoms with E-state index in [0.717, 1.165) is 32.0 Å². The Morgan fingerprint density at radius 2 is 1.92 bits per heavy atom. The Kier molecular flexibility index (Phi) is 7.38. The van der Waals surface area contributed by atoms with E-state index in [-0.39, 0.29) is 17.7 Å². The molecule has 7 heteroatoms. The van der Waals surface area contributed by atoms with Crippen LogP contribution >= 0.6 is 0 Å². The van der Waals surface area contributed by atoms with E-state index in [1.807, 2.05) is 27.7 Å². The smallest absolute Gasteiger partial charge is 0.255 e. The summed E-state index contributed by atoms with van der Waals surface area (Å²) in [5, 5.41) is 6.29. The molecule has 7 nitrogen and oxygen atoms in total. The van der Waals surface area contributed by atoms with E-state index in [1.54, 1.807) is 17.2 Å². The normalized spacial score (nSPS) is 14.4. The van der Waals surface area contributed by atoms with Gasteiger partial charge in [-0.1, -0.05) is 13.8 Å². The lowest BCUT2D eigenvalue weighted by Crippen LogP contribution is -2.44. The van der Waals surface area contributed by atoms with E-state index >= 15 is 0 Å². The molecule has 0 bridgehead atoms. The molecule has 1 aromatic rings. The quantitative estimate of drug-likeness (QED) is 0.776. The first-order valence-electron chi connectivity index (χ1n) is 9.51. The van der Waals surface area contributed by atoms with Crippen molar-refractivity contribution in [3.8, 4) is 0 Å². The maximum atomic E-state index is 12.7. The van der Waals surface area contributed by atoms with Gasteiger partial charge in [-0.05, 0) is 25.8 Å². The fourth-order valence-corrected chi connectivity index (χ4v) is 3.06. The molecule has 1 aliphatic heterocycles. The number of aromatic nitrogens is 1. The molecule has 1 fully saturated rings. The highest BCUT2D eigenvalue weighted by Crippen LogP contribution is 2.26. The lowest BCUT2D eigenvalue weighted by atomic mass is 10.1. The van der Waals surface area contributed by atoms with Gasteiger partial charge in [0, 0.05) is 51.9 Å². The van der Waals surface area contributed by atoms with Crippen LogP contribution in [0.5, 0.6) is 0 Å². The van der Waals surface area contributed by atoms with Crippen molar-refractivity contribution in [2.45, 2.75) is 34.1 Å². The maximum absolute atomic E-state index is 12.7. The number of pyridine rings is 1. The van der Waals surface area contributed by atoms with Gasteiger partial charge in [-0.25, -0.2) is 4.98 Å². The summed E-state index contributed by atoms with van der Waals surface area (Å²) < 4.78 is 0. The number of rotatable bonds is 7. The molecule has 0 saturated carbocycles. The van der Waals surface area contributed by atoms with E-state index in [2.05, 4.69) is 20.5 Å². The first-order valence-corrected chi connectivity index (χ1v) is 9.51. The minimum absolute atomic E-state index is 0.0503. The number of piperazine rings is 1. The predicted molar refractivity (Wildman–Crippen MR) is 105 cm³/mol. The molecule has 1 aliphatic rings. The molecule has 1 aromatic heterocycles. The molecule has 0 atom stereocenters. The van der Waals surface area contributed by atoms with Crippen LogP contribution in [0, 0.1) is 5.92 Å². The third-order valence-electron chi connectivity index (χ3n) is 4.45. The minimum atomic E-state index is -0.0614. The molecule has 0 radical (unpaired) electrons. The molecule has 1 saturated heterocycles. The van der Waals surface area contributed by atoms with Gasteiger partial charge in [-0.3, -0.25) is 9.59 Å². The van der Waals surface area contributed by atoms with Crippen molar-refractivity contribution in [1.82, 2.24) is 15.2 Å². The average molecular weight is 361 g/mol. The molecule has 2 heterocycles. The highest BCUT2D eigenvalue weighted by atomic mass is 16.2. The molecule has 2 amide bonds. The van der Waals surface area contributed by atoms with Crippen LogP contribution in [0.1, 0.15) is 44.5 Å². The summed E-state index contributed by atoms with van der Waals surface area (Å²) in [5.41, 5.74) is 1.13. The first-order chi connectivity index (χ1) is 12.5. The van der Waals surface area contributed by atoms with Gasteiger partial charge in [0.05, 0.1) is 11.3 Å². The highest BCUT2D eigenvalue weighted by molar-refractivity contribution is 5.99. The Labute approximate surface area is 156 Å². The molecule has 0 spiro atoms. The number of anilines is 2. The number of carbonyl (C=O) groups is 2. The highest BCUT2D eigenvalue weighted by Gasteiger charge is 2.21. The van der Waals surface area contributed by atoms with Crippen LogP contribution in [0.3, 0.4) is 0 Å². The number of amides is 2. The van der Waals surface area contributed by atoms with Crippen LogP contribution in [0.25, 0.3) is 0 Å². The van der Waals surface area contributed by atoms with Crippen LogP contribution < -0.4 is 15.5 Å². The lowest BCUT2D eigenvalue weighted by Gasteiger charge is -2.30. The second-order valence-electron chi connectivity index (χ2n) is 6.96. The zero-order valence-corrected chi connectivity index (χ0v) is 16.3. The van der Waals surface area contributed by atoms with Gasteiger partial charge in [-0.2, -0.15) is 0 Å². The summed E-state index contributed by atoms with van der Waals surface area (Å²) >= 11 is 0. The number of carbonyl (C=O) groups excluding carboxylic acids is 2. The number of nitrogens with zero attached hydrogens (tertiary/aromatic N) is 3. The molecular weight excluding hydrogens is 330 g/mol. The second kappa shape index (κ2) is 9.52. The molecule has 2 N–H and O–H groups in total. The molecule has 26 heavy (non-hydrogen) atoms. The van der Waals surface area contributed by atoms with Gasteiger partial charge in [0.1, 0.15) is 0 Å². The molecule has 0 aromatic carbocycles. The zero-order chi connectivity index (χ0) is 19.1. The van der Waals surface area contributed by atoms with Gasteiger partial charge in [0.25, 0.3) is 5.91 Å². The van der Waals surface area contributed by atoms with Crippen LogP contribution in [-0.4, -0.2) is 61.0 Å². The summed E-state index contributed by atoms with van der Waals surface area (Å²) in [6.45, 7) is 12.6. The van der Waals surface area contributed by atoms with Gasteiger partial charge in [0.15, 0.2) is 5.82 Å². The van der Waals surface area contributed by atoms with Crippen molar-refractivity contribution in [3.63, 3.8) is 0 Å². The molecule has 2 rings (SSSR count). The second-order valence-corrected chi connectivity index (χ2v) is 6.96. The molecular formula is C19H31N5O2. The number of hydrogen-bond donors (Lipinski definition) is 2. The fraction of sp³-hybridized carbons (Fsp3) is 0.632. The Morgan fingerprint density at radius 3 is 2.50 bits per heavy atom. The maximum Gasteiger partial charge on any atom is 0.255 e. The zero-order valence-electron chi connectivity index (χ0n) is 16.3. The van der Waals surface area contributed by atoms with Gasteiger partial charge in [0.2, 0.25) is 5.91 Å². The number of nitrogens with one attached hydrogen (secondary N) is 2. The van der Waals surface area contributed by atoms with Crippen molar-refractivity contribution in [3.05, 3.63) is 17.8 Å². The van der Waals surface area contributed by atoms with Crippen molar-refractivity contribution in [2.24, 2.45) is 5.92 Å². The standard InChI is InChI=1S/C19H31N5O2/c1-5-23(6-2)19(26)15-12-16(22-17(25)11-14(3)4)18(21-13-15)24-9-7-20-8-10-24/h12-14,20H,5-11H2,1-4H3,(H,22,25). The summed E-state index contributed by atoms with van der Waals surface area (Å²) in [7, 11) is 0. The Bertz CT molecular complexity index is 622.